The number of carbonyl (C=O) groups is 1. The van der Waals surface area contributed by atoms with Gasteiger partial charge in [0.25, 0.3) is 5.91 Å². The molecule has 3 nitrogen and oxygen atoms in total. The molecular formula is C18H21Cl3N2O. The Morgan fingerprint density at radius 1 is 1.12 bits per heavy atom. The van der Waals surface area contributed by atoms with Crippen LogP contribution in [0, 0.1) is 0 Å². The van der Waals surface area contributed by atoms with E-state index in [0.717, 1.165) is 11.4 Å². The fourth-order valence-corrected chi connectivity index (χ4v) is 2.27. The van der Waals surface area contributed by atoms with E-state index in [1.165, 1.54) is 19.3 Å². The highest BCUT2D eigenvalue weighted by Crippen LogP contribution is 2.22. The number of benzene rings is 1. The van der Waals surface area contributed by atoms with Crippen molar-refractivity contribution in [2.24, 2.45) is 0 Å². The number of nitrogens with zero attached hydrogens (tertiary/aromatic N) is 1. The minimum atomic E-state index is -0.221. The zero-order valence-corrected chi connectivity index (χ0v) is 15.8. The van der Waals surface area contributed by atoms with Crippen LogP contribution >= 0.6 is 34.8 Å². The molecule has 0 unspecified atom stereocenters. The van der Waals surface area contributed by atoms with E-state index in [9.17, 15) is 4.79 Å². The molecule has 130 valence electrons. The molecular weight excluding hydrogens is 367 g/mol. The summed E-state index contributed by atoms with van der Waals surface area (Å²) in [5.41, 5.74) is 1.27. The summed E-state index contributed by atoms with van der Waals surface area (Å²) in [7, 11) is 0. The molecule has 1 aromatic carbocycles. The van der Waals surface area contributed by atoms with Crippen LogP contribution in [0.1, 0.15) is 42.2 Å². The summed E-state index contributed by atoms with van der Waals surface area (Å²) < 4.78 is 0. The second kappa shape index (κ2) is 12.1. The monoisotopic (exact) mass is 386 g/mol. The van der Waals surface area contributed by atoms with Crippen molar-refractivity contribution in [1.82, 2.24) is 10.3 Å². The zero-order chi connectivity index (χ0) is 17.8. The maximum atomic E-state index is 11.7. The third-order valence-corrected chi connectivity index (χ3v) is 4.08. The van der Waals surface area contributed by atoms with E-state index in [0.29, 0.717) is 22.3 Å². The van der Waals surface area contributed by atoms with Gasteiger partial charge in [-0.05, 0) is 36.2 Å². The maximum Gasteiger partial charge on any atom is 0.270 e. The second-order valence-corrected chi connectivity index (χ2v) is 6.23. The number of rotatable bonds is 6. The van der Waals surface area contributed by atoms with Crippen molar-refractivity contribution in [2.75, 3.05) is 5.88 Å². The van der Waals surface area contributed by atoms with E-state index in [2.05, 4.69) is 17.2 Å². The van der Waals surface area contributed by atoms with Gasteiger partial charge in [-0.25, -0.2) is 0 Å². The van der Waals surface area contributed by atoms with Gasteiger partial charge in [-0.15, -0.1) is 11.6 Å². The summed E-state index contributed by atoms with van der Waals surface area (Å²) in [6, 6.07) is 10.4. The molecule has 0 saturated carbocycles. The number of amides is 1. The Bertz CT molecular complexity index is 617. The van der Waals surface area contributed by atoms with E-state index in [1.807, 2.05) is 6.07 Å². The molecule has 1 N–H and O–H groups in total. The number of carbonyl (C=O) groups excluding carboxylic acids is 1. The molecule has 0 aliphatic heterocycles. The SMILES string of the molecule is CCCCCCl.O=C(NCc1ccc(Cl)c(Cl)c1)c1ccccn1. The van der Waals surface area contributed by atoms with Gasteiger partial charge in [0.15, 0.2) is 0 Å². The number of hydrogen-bond donors (Lipinski definition) is 1. The molecule has 0 spiro atoms. The third-order valence-electron chi connectivity index (χ3n) is 3.07. The van der Waals surface area contributed by atoms with Gasteiger partial charge in [-0.1, -0.05) is 55.1 Å². The van der Waals surface area contributed by atoms with Crippen LogP contribution in [-0.2, 0) is 6.54 Å². The molecule has 2 rings (SSSR count). The van der Waals surface area contributed by atoms with Gasteiger partial charge in [-0.3, -0.25) is 9.78 Å². The number of halogens is 3. The van der Waals surface area contributed by atoms with Crippen LogP contribution < -0.4 is 5.32 Å². The first-order valence-electron chi connectivity index (χ1n) is 7.77. The van der Waals surface area contributed by atoms with Crippen molar-refractivity contribution in [3.05, 3.63) is 63.9 Å². The Balaban J connectivity index is 0.000000413. The lowest BCUT2D eigenvalue weighted by molar-refractivity contribution is 0.0946. The van der Waals surface area contributed by atoms with Gasteiger partial charge in [0, 0.05) is 18.6 Å². The second-order valence-electron chi connectivity index (χ2n) is 5.04. The van der Waals surface area contributed by atoms with Crippen molar-refractivity contribution in [1.29, 1.82) is 0 Å². The third kappa shape index (κ3) is 8.00. The first kappa shape index (κ1) is 20.8. The molecule has 0 radical (unpaired) electrons. The fourth-order valence-electron chi connectivity index (χ4n) is 1.76. The first-order valence-corrected chi connectivity index (χ1v) is 9.06. The Labute approximate surface area is 158 Å². The summed E-state index contributed by atoms with van der Waals surface area (Å²) in [5, 5.41) is 3.73. The van der Waals surface area contributed by atoms with Crippen molar-refractivity contribution in [3.8, 4) is 0 Å². The Morgan fingerprint density at radius 2 is 1.92 bits per heavy atom. The van der Waals surface area contributed by atoms with Gasteiger partial charge >= 0.3 is 0 Å². The summed E-state index contributed by atoms with van der Waals surface area (Å²) in [6.07, 6.45) is 5.31. The minimum Gasteiger partial charge on any atom is -0.347 e. The molecule has 1 aromatic heterocycles. The number of unbranched alkanes of at least 4 members (excludes halogenated alkanes) is 2. The molecule has 0 fully saturated rings. The molecule has 0 bridgehead atoms. The van der Waals surface area contributed by atoms with Crippen LogP contribution in [0.2, 0.25) is 10.0 Å². The van der Waals surface area contributed by atoms with Gasteiger partial charge < -0.3 is 5.32 Å². The smallest absolute Gasteiger partial charge is 0.270 e. The zero-order valence-electron chi connectivity index (χ0n) is 13.6. The number of alkyl halides is 1. The lowest BCUT2D eigenvalue weighted by Gasteiger charge is -2.05. The van der Waals surface area contributed by atoms with Gasteiger partial charge in [0.2, 0.25) is 0 Å². The standard InChI is InChI=1S/C13H10Cl2N2O.C5H11Cl/c14-10-5-4-9(7-11(10)15)8-17-13(18)12-3-1-2-6-16-12;1-2-3-4-5-6/h1-7H,8H2,(H,17,18);2-5H2,1H3. The number of hydrogen-bond acceptors (Lipinski definition) is 2. The van der Waals surface area contributed by atoms with Crippen LogP contribution in [0.25, 0.3) is 0 Å². The molecule has 6 heteroatoms. The highest BCUT2D eigenvalue weighted by molar-refractivity contribution is 6.42. The highest BCUT2D eigenvalue weighted by Gasteiger charge is 2.06. The Morgan fingerprint density at radius 3 is 2.46 bits per heavy atom. The summed E-state index contributed by atoms with van der Waals surface area (Å²) >= 11 is 17.1. The fraction of sp³-hybridized carbons (Fsp3) is 0.333. The predicted molar refractivity (Wildman–Crippen MR) is 102 cm³/mol. The van der Waals surface area contributed by atoms with Gasteiger partial charge in [0.1, 0.15) is 5.69 Å². The Hall–Kier alpha value is -1.29. The average Bonchev–Trinajstić information content (AvgIpc) is 2.62. The van der Waals surface area contributed by atoms with E-state index in [-0.39, 0.29) is 5.91 Å². The van der Waals surface area contributed by atoms with Crippen LogP contribution in [-0.4, -0.2) is 16.8 Å². The number of aromatic nitrogens is 1. The van der Waals surface area contributed by atoms with Gasteiger partial charge in [-0.2, -0.15) is 0 Å². The normalized spacial score (nSPS) is 9.83. The summed E-state index contributed by atoms with van der Waals surface area (Å²) in [6.45, 7) is 2.55. The van der Waals surface area contributed by atoms with Crippen LogP contribution in [0.15, 0.2) is 42.6 Å². The minimum absolute atomic E-state index is 0.221. The molecule has 0 atom stereocenters. The molecule has 2 aromatic rings. The summed E-state index contributed by atoms with van der Waals surface area (Å²) in [4.78, 5) is 15.7. The van der Waals surface area contributed by atoms with E-state index in [1.54, 1.807) is 36.5 Å². The number of pyridine rings is 1. The van der Waals surface area contributed by atoms with Crippen molar-refractivity contribution in [2.45, 2.75) is 32.7 Å². The predicted octanol–water partition coefficient (Wildman–Crippen LogP) is 5.73. The molecule has 24 heavy (non-hydrogen) atoms. The van der Waals surface area contributed by atoms with Crippen molar-refractivity contribution < 1.29 is 4.79 Å². The van der Waals surface area contributed by atoms with E-state index in [4.69, 9.17) is 34.8 Å². The van der Waals surface area contributed by atoms with Crippen molar-refractivity contribution in [3.63, 3.8) is 0 Å². The maximum absolute atomic E-state index is 11.7. The van der Waals surface area contributed by atoms with Gasteiger partial charge in [0.05, 0.1) is 10.0 Å². The topological polar surface area (TPSA) is 42.0 Å². The molecule has 0 saturated heterocycles. The lowest BCUT2D eigenvalue weighted by Crippen LogP contribution is -2.23. The Kier molecular flexibility index (Phi) is 10.5. The first-order chi connectivity index (χ1) is 11.6. The van der Waals surface area contributed by atoms with E-state index >= 15 is 0 Å². The van der Waals surface area contributed by atoms with E-state index < -0.39 is 0 Å². The molecule has 1 amide bonds. The lowest BCUT2D eigenvalue weighted by atomic mass is 10.2. The highest BCUT2D eigenvalue weighted by atomic mass is 35.5. The molecule has 0 aliphatic carbocycles. The van der Waals surface area contributed by atoms with Crippen molar-refractivity contribution >= 4 is 40.7 Å². The average molecular weight is 388 g/mol. The van der Waals surface area contributed by atoms with Crippen LogP contribution in [0.3, 0.4) is 0 Å². The number of nitrogens with one attached hydrogen (secondary N) is 1. The van der Waals surface area contributed by atoms with Crippen LogP contribution in [0.5, 0.6) is 0 Å². The largest absolute Gasteiger partial charge is 0.347 e. The quantitative estimate of drug-likeness (QED) is 0.507. The van der Waals surface area contributed by atoms with Crippen LogP contribution in [0.4, 0.5) is 0 Å². The summed E-state index contributed by atoms with van der Waals surface area (Å²) in [5.74, 6) is 0.607. The molecule has 1 heterocycles. The molecule has 0 aliphatic rings.